The minimum Gasteiger partial charge on any atom is -0.462 e. The summed E-state index contributed by atoms with van der Waals surface area (Å²) in [5.41, 5.74) is 1.31. The summed E-state index contributed by atoms with van der Waals surface area (Å²) < 4.78 is 64.3. The Balaban J connectivity index is 1.41. The van der Waals surface area contributed by atoms with Gasteiger partial charge in [0.05, 0.1) is 22.6 Å². The fraction of sp³-hybridized carbons (Fsp3) is 0.321. The van der Waals surface area contributed by atoms with E-state index >= 15 is 0 Å². The fourth-order valence-electron chi connectivity index (χ4n) is 4.29. The van der Waals surface area contributed by atoms with E-state index in [2.05, 4.69) is 17.0 Å². The van der Waals surface area contributed by atoms with Gasteiger partial charge in [-0.25, -0.2) is 26.8 Å². The van der Waals surface area contributed by atoms with Crippen LogP contribution in [0.25, 0.3) is 0 Å². The van der Waals surface area contributed by atoms with Crippen LogP contribution in [0.15, 0.2) is 47.4 Å². The van der Waals surface area contributed by atoms with Crippen LogP contribution < -0.4 is 10.0 Å². The second kappa shape index (κ2) is 12.4. The maximum atomic E-state index is 13.5. The monoisotopic (exact) mass is 606 g/mol. The van der Waals surface area contributed by atoms with Gasteiger partial charge in [-0.3, -0.25) is 9.52 Å². The van der Waals surface area contributed by atoms with Crippen LogP contribution >= 0.6 is 11.3 Å². The molecule has 13 heteroatoms. The van der Waals surface area contributed by atoms with E-state index in [0.717, 1.165) is 29.3 Å². The van der Waals surface area contributed by atoms with Crippen molar-refractivity contribution >= 4 is 49.9 Å². The van der Waals surface area contributed by atoms with Crippen LogP contribution in [0.1, 0.15) is 58.3 Å². The Kier molecular flexibility index (Phi) is 9.08. The van der Waals surface area contributed by atoms with Gasteiger partial charge in [0.1, 0.15) is 5.00 Å². The standard InChI is InChI=1S/C28H28F2N2O7S2/c1-4-38-28(35)24-20-11-5-15(2)13-23(20)40-26(24)31-25(33)16(3)39-27(34)17-6-8-18(9-7-17)32-41(36,37)19-10-12-21(29)22(30)14-19/h6-10,12,14-16,32H,4-5,11,13H2,1-3H3,(H,31,33)/t15-,16+/m0/s1. The average molecular weight is 607 g/mol. The summed E-state index contributed by atoms with van der Waals surface area (Å²) in [5.74, 6) is -4.03. The van der Waals surface area contributed by atoms with Gasteiger partial charge in [-0.05, 0) is 87.1 Å². The lowest BCUT2D eigenvalue weighted by Gasteiger charge is -2.18. The maximum absolute atomic E-state index is 13.5. The molecule has 2 N–H and O–H groups in total. The number of thiophene rings is 1. The molecule has 1 heterocycles. The smallest absolute Gasteiger partial charge is 0.341 e. The molecule has 0 radical (unpaired) electrons. The second-order valence-corrected chi connectivity index (χ2v) is 12.4. The highest BCUT2D eigenvalue weighted by Gasteiger charge is 2.30. The number of nitrogens with one attached hydrogen (secondary N) is 2. The van der Waals surface area contributed by atoms with Gasteiger partial charge in [0.2, 0.25) is 0 Å². The number of anilines is 2. The molecular weight excluding hydrogens is 578 g/mol. The molecule has 0 unspecified atom stereocenters. The van der Waals surface area contributed by atoms with E-state index in [0.29, 0.717) is 35.0 Å². The summed E-state index contributed by atoms with van der Waals surface area (Å²) in [6.07, 6.45) is 1.19. The zero-order valence-electron chi connectivity index (χ0n) is 22.5. The number of esters is 2. The van der Waals surface area contributed by atoms with Crippen molar-refractivity contribution in [2.75, 3.05) is 16.6 Å². The fourth-order valence-corrected chi connectivity index (χ4v) is 6.76. The quantitative estimate of drug-likeness (QED) is 0.316. The molecule has 4 rings (SSSR count). The van der Waals surface area contributed by atoms with E-state index in [-0.39, 0.29) is 17.9 Å². The minimum atomic E-state index is -4.22. The van der Waals surface area contributed by atoms with Crippen molar-refractivity contribution in [3.8, 4) is 0 Å². The topological polar surface area (TPSA) is 128 Å². The second-order valence-electron chi connectivity index (χ2n) is 9.57. The lowest BCUT2D eigenvalue weighted by Crippen LogP contribution is -2.30. The zero-order chi connectivity index (χ0) is 29.9. The molecule has 41 heavy (non-hydrogen) atoms. The Morgan fingerprint density at radius 3 is 2.44 bits per heavy atom. The van der Waals surface area contributed by atoms with Crippen molar-refractivity contribution in [2.24, 2.45) is 5.92 Å². The average Bonchev–Trinajstić information content (AvgIpc) is 3.27. The van der Waals surface area contributed by atoms with Crippen LogP contribution in [-0.2, 0) is 37.1 Å². The molecule has 1 aliphatic rings. The first-order chi connectivity index (χ1) is 19.4. The van der Waals surface area contributed by atoms with Crippen molar-refractivity contribution in [1.82, 2.24) is 0 Å². The molecule has 0 bridgehead atoms. The number of rotatable bonds is 9. The number of benzene rings is 2. The van der Waals surface area contributed by atoms with Crippen LogP contribution in [-0.4, -0.2) is 39.0 Å². The lowest BCUT2D eigenvalue weighted by atomic mass is 9.88. The summed E-state index contributed by atoms with van der Waals surface area (Å²) in [5, 5.41) is 3.07. The first kappa shape index (κ1) is 30.1. The van der Waals surface area contributed by atoms with Crippen LogP contribution in [0, 0.1) is 17.6 Å². The van der Waals surface area contributed by atoms with Gasteiger partial charge in [-0.2, -0.15) is 0 Å². The predicted octanol–water partition coefficient (Wildman–Crippen LogP) is 5.31. The number of carbonyl (C=O) groups excluding carboxylic acids is 3. The van der Waals surface area contributed by atoms with Gasteiger partial charge in [0.15, 0.2) is 17.7 Å². The Morgan fingerprint density at radius 2 is 1.78 bits per heavy atom. The number of amides is 1. The summed E-state index contributed by atoms with van der Waals surface area (Å²) in [4.78, 5) is 38.8. The SMILES string of the molecule is CCOC(=O)c1c(NC(=O)[C@@H](C)OC(=O)c2ccc(NS(=O)(=O)c3ccc(F)c(F)c3)cc2)sc2c1CC[C@H](C)C2. The van der Waals surface area contributed by atoms with Crippen molar-refractivity contribution < 1.29 is 41.1 Å². The minimum absolute atomic E-state index is 0.0354. The van der Waals surface area contributed by atoms with Gasteiger partial charge >= 0.3 is 11.9 Å². The van der Waals surface area contributed by atoms with Gasteiger partial charge in [-0.1, -0.05) is 6.92 Å². The van der Waals surface area contributed by atoms with Gasteiger partial charge in [-0.15, -0.1) is 11.3 Å². The molecule has 1 aliphatic carbocycles. The number of ether oxygens (including phenoxy) is 2. The van der Waals surface area contributed by atoms with E-state index in [1.807, 2.05) is 0 Å². The Morgan fingerprint density at radius 1 is 1.07 bits per heavy atom. The third-order valence-electron chi connectivity index (χ3n) is 6.46. The van der Waals surface area contributed by atoms with Gasteiger partial charge in [0.25, 0.3) is 15.9 Å². The number of halogens is 2. The molecular formula is C28H28F2N2O7S2. The van der Waals surface area contributed by atoms with Gasteiger partial charge in [0, 0.05) is 10.6 Å². The number of fused-ring (bicyclic) bond motifs is 1. The van der Waals surface area contributed by atoms with Crippen molar-refractivity contribution in [3.05, 3.63) is 75.7 Å². The molecule has 3 aromatic rings. The first-order valence-corrected chi connectivity index (χ1v) is 15.1. The van der Waals surface area contributed by atoms with E-state index in [1.54, 1.807) is 6.92 Å². The highest BCUT2D eigenvalue weighted by atomic mass is 32.2. The molecule has 218 valence electrons. The van der Waals surface area contributed by atoms with E-state index in [1.165, 1.54) is 42.5 Å². The van der Waals surface area contributed by atoms with E-state index in [9.17, 15) is 31.6 Å². The highest BCUT2D eigenvalue weighted by molar-refractivity contribution is 7.92. The van der Waals surface area contributed by atoms with Crippen LogP contribution in [0.4, 0.5) is 19.5 Å². The summed E-state index contributed by atoms with van der Waals surface area (Å²) in [7, 11) is -4.22. The first-order valence-electron chi connectivity index (χ1n) is 12.8. The van der Waals surface area contributed by atoms with Crippen molar-refractivity contribution in [2.45, 2.75) is 51.0 Å². The summed E-state index contributed by atoms with van der Waals surface area (Å²) >= 11 is 1.32. The van der Waals surface area contributed by atoms with Gasteiger partial charge < -0.3 is 14.8 Å². The summed E-state index contributed by atoms with van der Waals surface area (Å²) in [6.45, 7) is 5.40. The zero-order valence-corrected chi connectivity index (χ0v) is 24.1. The van der Waals surface area contributed by atoms with Crippen molar-refractivity contribution in [3.63, 3.8) is 0 Å². The molecule has 0 fully saturated rings. The number of hydrogen-bond donors (Lipinski definition) is 2. The molecule has 1 amide bonds. The molecule has 2 atom stereocenters. The molecule has 0 saturated heterocycles. The maximum Gasteiger partial charge on any atom is 0.341 e. The van der Waals surface area contributed by atoms with E-state index < -0.39 is 50.5 Å². The molecule has 0 aliphatic heterocycles. The van der Waals surface area contributed by atoms with E-state index in [4.69, 9.17) is 9.47 Å². The third kappa shape index (κ3) is 6.91. The molecule has 0 saturated carbocycles. The van der Waals surface area contributed by atoms with Crippen molar-refractivity contribution in [1.29, 1.82) is 0 Å². The Labute approximate surface area is 239 Å². The molecule has 9 nitrogen and oxygen atoms in total. The molecule has 0 spiro atoms. The number of sulfonamides is 1. The summed E-state index contributed by atoms with van der Waals surface area (Å²) in [6, 6.07) is 7.29. The Hall–Kier alpha value is -3.84. The lowest BCUT2D eigenvalue weighted by molar-refractivity contribution is -0.123. The number of hydrogen-bond acceptors (Lipinski definition) is 8. The predicted molar refractivity (Wildman–Crippen MR) is 149 cm³/mol. The normalized spacial score (nSPS) is 15.4. The van der Waals surface area contributed by atoms with Crippen LogP contribution in [0.5, 0.6) is 0 Å². The Bertz CT molecular complexity index is 1590. The molecule has 2 aromatic carbocycles. The van der Waals surface area contributed by atoms with Crippen LogP contribution in [0.3, 0.4) is 0 Å². The highest BCUT2D eigenvalue weighted by Crippen LogP contribution is 2.40. The third-order valence-corrected chi connectivity index (χ3v) is 9.00. The number of carbonyl (C=O) groups is 3. The van der Waals surface area contributed by atoms with Crippen LogP contribution in [0.2, 0.25) is 0 Å². The largest absolute Gasteiger partial charge is 0.462 e. The molecule has 1 aromatic heterocycles.